The van der Waals surface area contributed by atoms with E-state index in [1.807, 2.05) is 0 Å². The average molecular weight is 242 g/mol. The van der Waals surface area contributed by atoms with Crippen LogP contribution >= 0.6 is 0 Å². The second-order valence-electron chi connectivity index (χ2n) is 5.19. The molecule has 0 bridgehead atoms. The summed E-state index contributed by atoms with van der Waals surface area (Å²) in [5.41, 5.74) is 0. The highest BCUT2D eigenvalue weighted by Crippen LogP contribution is 2.29. The predicted octanol–water partition coefficient (Wildman–Crippen LogP) is 2.42. The zero-order chi connectivity index (χ0) is 12.1. The number of hydrogen-bond donors (Lipinski definition) is 1. The molecule has 0 aromatic heterocycles. The summed E-state index contributed by atoms with van der Waals surface area (Å²) in [6.07, 6.45) is 6.88. The molecule has 1 saturated carbocycles. The first-order chi connectivity index (χ1) is 8.25. The van der Waals surface area contributed by atoms with Gasteiger partial charge in [-0.05, 0) is 50.9 Å². The molecule has 2 fully saturated rings. The SMILES string of the molecule is O=C(O)[C@H]1CC[C@@H](COC2CCCCO2)CC1. The van der Waals surface area contributed by atoms with Crippen molar-refractivity contribution in [3.8, 4) is 0 Å². The van der Waals surface area contributed by atoms with Crippen molar-refractivity contribution in [3.05, 3.63) is 0 Å². The molecule has 2 aliphatic rings. The highest BCUT2D eigenvalue weighted by molar-refractivity contribution is 5.69. The summed E-state index contributed by atoms with van der Waals surface area (Å²) in [6.45, 7) is 1.55. The van der Waals surface area contributed by atoms with Gasteiger partial charge in [-0.3, -0.25) is 4.79 Å². The van der Waals surface area contributed by atoms with Crippen molar-refractivity contribution in [1.29, 1.82) is 0 Å². The summed E-state index contributed by atoms with van der Waals surface area (Å²) < 4.78 is 11.3. The lowest BCUT2D eigenvalue weighted by molar-refractivity contribution is -0.171. The van der Waals surface area contributed by atoms with Crippen molar-refractivity contribution >= 4 is 5.97 Å². The Morgan fingerprint density at radius 1 is 1.18 bits per heavy atom. The highest BCUT2D eigenvalue weighted by atomic mass is 16.7. The second kappa shape index (κ2) is 6.36. The number of ether oxygens (including phenoxy) is 2. The topological polar surface area (TPSA) is 55.8 Å². The van der Waals surface area contributed by atoms with Gasteiger partial charge in [0.2, 0.25) is 0 Å². The fourth-order valence-corrected chi connectivity index (χ4v) is 2.66. The van der Waals surface area contributed by atoms with Crippen molar-refractivity contribution in [1.82, 2.24) is 0 Å². The minimum Gasteiger partial charge on any atom is -0.481 e. The van der Waals surface area contributed by atoms with Gasteiger partial charge in [0.15, 0.2) is 6.29 Å². The molecule has 1 aliphatic heterocycles. The Kier molecular flexibility index (Phi) is 4.80. The molecule has 1 saturated heterocycles. The van der Waals surface area contributed by atoms with Crippen LogP contribution in [0.2, 0.25) is 0 Å². The number of hydrogen-bond acceptors (Lipinski definition) is 3. The normalized spacial score (nSPS) is 34.5. The molecule has 0 amide bonds. The van der Waals surface area contributed by atoms with Crippen LogP contribution in [-0.4, -0.2) is 30.6 Å². The molecule has 1 unspecified atom stereocenters. The minimum atomic E-state index is -0.639. The Morgan fingerprint density at radius 3 is 2.53 bits per heavy atom. The van der Waals surface area contributed by atoms with E-state index in [4.69, 9.17) is 14.6 Å². The van der Waals surface area contributed by atoms with Gasteiger partial charge in [0.1, 0.15) is 0 Å². The van der Waals surface area contributed by atoms with Crippen LogP contribution in [0.5, 0.6) is 0 Å². The third-order valence-corrected chi connectivity index (χ3v) is 3.85. The average Bonchev–Trinajstić information content (AvgIpc) is 2.38. The van der Waals surface area contributed by atoms with E-state index in [9.17, 15) is 4.79 Å². The molecule has 0 radical (unpaired) electrons. The molecule has 98 valence electrons. The van der Waals surface area contributed by atoms with Crippen LogP contribution in [0.3, 0.4) is 0 Å². The molecule has 1 atom stereocenters. The maximum atomic E-state index is 10.8. The minimum absolute atomic E-state index is 0.0130. The van der Waals surface area contributed by atoms with E-state index in [-0.39, 0.29) is 12.2 Å². The number of aliphatic carboxylic acids is 1. The first-order valence-electron chi connectivity index (χ1n) is 6.71. The quantitative estimate of drug-likeness (QED) is 0.822. The molecule has 1 heterocycles. The van der Waals surface area contributed by atoms with E-state index in [1.54, 1.807) is 0 Å². The van der Waals surface area contributed by atoms with E-state index < -0.39 is 5.97 Å². The van der Waals surface area contributed by atoms with Crippen LogP contribution in [-0.2, 0) is 14.3 Å². The van der Waals surface area contributed by atoms with Crippen LogP contribution in [0.25, 0.3) is 0 Å². The Hall–Kier alpha value is -0.610. The predicted molar refractivity (Wildman–Crippen MR) is 62.6 cm³/mol. The Morgan fingerprint density at radius 2 is 1.94 bits per heavy atom. The molecule has 17 heavy (non-hydrogen) atoms. The molecule has 0 aromatic rings. The molecular formula is C13H22O4. The van der Waals surface area contributed by atoms with Crippen LogP contribution in [0, 0.1) is 11.8 Å². The van der Waals surface area contributed by atoms with Gasteiger partial charge in [-0.1, -0.05) is 0 Å². The maximum Gasteiger partial charge on any atom is 0.306 e. The summed E-state index contributed by atoms with van der Waals surface area (Å²) in [5, 5.41) is 8.91. The summed E-state index contributed by atoms with van der Waals surface area (Å²) in [4.78, 5) is 10.8. The molecule has 1 aliphatic carbocycles. The highest BCUT2D eigenvalue weighted by Gasteiger charge is 2.26. The van der Waals surface area contributed by atoms with Crippen LogP contribution in [0.1, 0.15) is 44.9 Å². The van der Waals surface area contributed by atoms with Gasteiger partial charge in [-0.15, -0.1) is 0 Å². The van der Waals surface area contributed by atoms with Gasteiger partial charge in [-0.2, -0.15) is 0 Å². The van der Waals surface area contributed by atoms with E-state index in [2.05, 4.69) is 0 Å². The molecule has 1 N–H and O–H groups in total. The van der Waals surface area contributed by atoms with Gasteiger partial charge in [0, 0.05) is 6.61 Å². The number of rotatable bonds is 4. The zero-order valence-corrected chi connectivity index (χ0v) is 10.3. The smallest absolute Gasteiger partial charge is 0.306 e. The van der Waals surface area contributed by atoms with Gasteiger partial charge < -0.3 is 14.6 Å². The lowest BCUT2D eigenvalue weighted by atomic mass is 9.82. The molecule has 4 heteroatoms. The van der Waals surface area contributed by atoms with Crippen molar-refractivity contribution in [2.75, 3.05) is 13.2 Å². The van der Waals surface area contributed by atoms with E-state index in [0.29, 0.717) is 5.92 Å². The first kappa shape index (κ1) is 12.8. The Bertz CT molecular complexity index is 240. The van der Waals surface area contributed by atoms with Crippen LogP contribution in [0.15, 0.2) is 0 Å². The molecule has 2 rings (SSSR count). The lowest BCUT2D eigenvalue weighted by Gasteiger charge is -2.29. The van der Waals surface area contributed by atoms with Crippen molar-refractivity contribution in [2.45, 2.75) is 51.2 Å². The Labute approximate surface area is 102 Å². The van der Waals surface area contributed by atoms with Crippen molar-refractivity contribution in [2.24, 2.45) is 11.8 Å². The van der Waals surface area contributed by atoms with E-state index in [1.165, 1.54) is 6.42 Å². The molecular weight excluding hydrogens is 220 g/mol. The van der Waals surface area contributed by atoms with Crippen LogP contribution in [0.4, 0.5) is 0 Å². The fraction of sp³-hybridized carbons (Fsp3) is 0.923. The molecule has 0 aromatic carbocycles. The summed E-state index contributed by atoms with van der Waals surface area (Å²) in [7, 11) is 0. The third kappa shape index (κ3) is 3.96. The summed E-state index contributed by atoms with van der Waals surface area (Å²) >= 11 is 0. The largest absolute Gasteiger partial charge is 0.481 e. The molecule has 0 spiro atoms. The van der Waals surface area contributed by atoms with E-state index in [0.717, 1.165) is 51.7 Å². The fourth-order valence-electron chi connectivity index (χ4n) is 2.66. The van der Waals surface area contributed by atoms with Gasteiger partial charge in [-0.25, -0.2) is 0 Å². The van der Waals surface area contributed by atoms with Gasteiger partial charge in [0.25, 0.3) is 0 Å². The standard InChI is InChI=1S/C13H22O4/c14-13(15)11-6-4-10(5-7-11)9-17-12-3-1-2-8-16-12/h10-12H,1-9H2,(H,14,15)/t10-,11+,12?. The number of carboxylic acid groups (broad SMARTS) is 1. The Balaban J connectivity index is 1.62. The lowest BCUT2D eigenvalue weighted by Crippen LogP contribution is -2.28. The van der Waals surface area contributed by atoms with Crippen molar-refractivity contribution in [3.63, 3.8) is 0 Å². The van der Waals surface area contributed by atoms with Crippen LogP contribution < -0.4 is 0 Å². The monoisotopic (exact) mass is 242 g/mol. The second-order valence-corrected chi connectivity index (χ2v) is 5.19. The summed E-state index contributed by atoms with van der Waals surface area (Å²) in [5.74, 6) is -0.242. The third-order valence-electron chi connectivity index (χ3n) is 3.85. The first-order valence-corrected chi connectivity index (χ1v) is 6.71. The van der Waals surface area contributed by atoms with Gasteiger partial charge >= 0.3 is 5.97 Å². The van der Waals surface area contributed by atoms with Gasteiger partial charge in [0.05, 0.1) is 12.5 Å². The number of carboxylic acids is 1. The van der Waals surface area contributed by atoms with E-state index >= 15 is 0 Å². The zero-order valence-electron chi connectivity index (χ0n) is 10.3. The van der Waals surface area contributed by atoms with Crippen molar-refractivity contribution < 1.29 is 19.4 Å². The summed E-state index contributed by atoms with van der Waals surface area (Å²) in [6, 6.07) is 0. The maximum absolute atomic E-state index is 10.8. The molecule has 4 nitrogen and oxygen atoms in total. The number of carbonyl (C=O) groups is 1.